The Bertz CT molecular complexity index is 343. The Morgan fingerprint density at radius 1 is 1.42 bits per heavy atom. The summed E-state index contributed by atoms with van der Waals surface area (Å²) in [6.07, 6.45) is -1.30. The van der Waals surface area contributed by atoms with E-state index in [1.807, 2.05) is 0 Å². The van der Waals surface area contributed by atoms with Crippen LogP contribution in [0.5, 0.6) is 0 Å². The number of carbonyl (C=O) groups is 2. The highest BCUT2D eigenvalue weighted by atomic mass is 19.1. The molecule has 0 saturated carbocycles. The summed E-state index contributed by atoms with van der Waals surface area (Å²) in [7, 11) is 0. The second-order valence-electron chi connectivity index (χ2n) is 5.79. The van der Waals surface area contributed by atoms with E-state index in [-0.39, 0.29) is 19.0 Å². The predicted octanol–water partition coefficient (Wildman–Crippen LogP) is 1.85. The zero-order valence-electron chi connectivity index (χ0n) is 11.5. The van der Waals surface area contributed by atoms with Gasteiger partial charge in [0.25, 0.3) is 0 Å². The number of nitrogens with zero attached hydrogens (tertiary/aromatic N) is 1. The number of piperidine rings is 1. The molecule has 0 aromatic rings. The predicted molar refractivity (Wildman–Crippen MR) is 66.8 cm³/mol. The summed E-state index contributed by atoms with van der Waals surface area (Å²) < 4.78 is 17.8. The Morgan fingerprint density at radius 3 is 2.53 bits per heavy atom. The van der Waals surface area contributed by atoms with Crippen LogP contribution in [-0.4, -0.2) is 53.6 Å². The molecule has 0 spiro atoms. The fourth-order valence-electron chi connectivity index (χ4n) is 2.05. The maximum atomic E-state index is 12.7. The molecule has 7 heteroatoms. The van der Waals surface area contributed by atoms with Gasteiger partial charge in [0.2, 0.25) is 0 Å². The molecule has 6 nitrogen and oxygen atoms in total. The quantitative estimate of drug-likeness (QED) is 0.806. The zero-order chi connectivity index (χ0) is 14.6. The van der Waals surface area contributed by atoms with Crippen molar-refractivity contribution in [2.75, 3.05) is 19.8 Å². The minimum absolute atomic E-state index is 0.158. The van der Waals surface area contributed by atoms with Crippen LogP contribution >= 0.6 is 0 Å². The number of halogens is 1. The van der Waals surface area contributed by atoms with Crippen LogP contribution in [0.4, 0.5) is 14.0 Å². The molecular weight excluding hydrogens is 255 g/mol. The normalized spacial score (nSPS) is 23.9. The highest BCUT2D eigenvalue weighted by Gasteiger charge is 2.31. The molecule has 0 unspecified atom stereocenters. The molecule has 1 heterocycles. The van der Waals surface area contributed by atoms with E-state index in [2.05, 4.69) is 5.32 Å². The molecule has 1 aliphatic rings. The zero-order valence-corrected chi connectivity index (χ0v) is 11.5. The second kappa shape index (κ2) is 6.08. The molecule has 0 bridgehead atoms. The monoisotopic (exact) mass is 276 g/mol. The van der Waals surface area contributed by atoms with Gasteiger partial charge >= 0.3 is 12.2 Å². The van der Waals surface area contributed by atoms with Crippen LogP contribution in [0.2, 0.25) is 0 Å². The molecular formula is C12H21FN2O4. The first kappa shape index (κ1) is 15.5. The standard InChI is InChI=1S/C12H21FN2O4/c1-12(2,3)19-10(16)14-9-4-8(5-13)6-15(7-9)11(17)18/h8-9H,4-7H2,1-3H3,(H,14,16)(H,17,18)/t8-,9-/m0/s1. The van der Waals surface area contributed by atoms with E-state index in [1.165, 1.54) is 0 Å². The molecule has 1 fully saturated rings. The molecule has 19 heavy (non-hydrogen) atoms. The van der Waals surface area contributed by atoms with Gasteiger partial charge in [-0.1, -0.05) is 0 Å². The number of alkyl carbamates (subject to hydrolysis) is 1. The number of ether oxygens (including phenoxy) is 1. The van der Waals surface area contributed by atoms with E-state index in [9.17, 15) is 14.0 Å². The maximum Gasteiger partial charge on any atom is 0.407 e. The van der Waals surface area contributed by atoms with Crippen molar-refractivity contribution in [3.05, 3.63) is 0 Å². The van der Waals surface area contributed by atoms with Gasteiger partial charge in [-0.15, -0.1) is 0 Å². The van der Waals surface area contributed by atoms with Crippen LogP contribution in [-0.2, 0) is 4.74 Å². The van der Waals surface area contributed by atoms with E-state index in [1.54, 1.807) is 20.8 Å². The largest absolute Gasteiger partial charge is 0.465 e. The van der Waals surface area contributed by atoms with E-state index in [0.717, 1.165) is 4.90 Å². The van der Waals surface area contributed by atoms with Crippen molar-refractivity contribution in [3.8, 4) is 0 Å². The van der Waals surface area contributed by atoms with Gasteiger partial charge in [-0.05, 0) is 27.2 Å². The van der Waals surface area contributed by atoms with Crippen LogP contribution < -0.4 is 5.32 Å². The molecule has 1 rings (SSSR count). The van der Waals surface area contributed by atoms with Gasteiger partial charge in [0.15, 0.2) is 0 Å². The van der Waals surface area contributed by atoms with Gasteiger partial charge in [0.05, 0.1) is 12.7 Å². The first-order chi connectivity index (χ1) is 8.71. The van der Waals surface area contributed by atoms with Crippen molar-refractivity contribution in [1.29, 1.82) is 0 Å². The third-order valence-corrected chi connectivity index (χ3v) is 2.75. The van der Waals surface area contributed by atoms with Crippen LogP contribution in [0.25, 0.3) is 0 Å². The summed E-state index contributed by atoms with van der Waals surface area (Å²) >= 11 is 0. The SMILES string of the molecule is CC(C)(C)OC(=O)N[C@H]1C[C@@H](CF)CN(C(=O)O)C1. The maximum absolute atomic E-state index is 12.7. The average Bonchev–Trinajstić information content (AvgIpc) is 2.25. The number of alkyl halides is 1. The first-order valence-electron chi connectivity index (χ1n) is 6.24. The molecule has 0 radical (unpaired) electrons. The summed E-state index contributed by atoms with van der Waals surface area (Å²) in [5, 5.41) is 11.5. The van der Waals surface area contributed by atoms with Crippen molar-refractivity contribution in [3.63, 3.8) is 0 Å². The molecule has 2 atom stereocenters. The van der Waals surface area contributed by atoms with Gasteiger partial charge in [-0.3, -0.25) is 4.39 Å². The average molecular weight is 276 g/mol. The van der Waals surface area contributed by atoms with E-state index in [0.29, 0.717) is 6.42 Å². The van der Waals surface area contributed by atoms with Crippen molar-refractivity contribution in [2.24, 2.45) is 5.92 Å². The van der Waals surface area contributed by atoms with Crippen LogP contribution in [0.15, 0.2) is 0 Å². The number of hydrogen-bond acceptors (Lipinski definition) is 3. The molecule has 1 saturated heterocycles. The Hall–Kier alpha value is -1.53. The number of nitrogens with one attached hydrogen (secondary N) is 1. The van der Waals surface area contributed by atoms with Gasteiger partial charge in [-0.25, -0.2) is 9.59 Å². The summed E-state index contributed by atoms with van der Waals surface area (Å²) in [6.45, 7) is 4.93. The van der Waals surface area contributed by atoms with Crippen LogP contribution in [0, 0.1) is 5.92 Å². The molecule has 110 valence electrons. The third kappa shape index (κ3) is 5.32. The van der Waals surface area contributed by atoms with Crippen LogP contribution in [0.1, 0.15) is 27.2 Å². The topological polar surface area (TPSA) is 78.9 Å². The summed E-state index contributed by atoms with van der Waals surface area (Å²) in [4.78, 5) is 23.7. The lowest BCUT2D eigenvalue weighted by molar-refractivity contribution is 0.0436. The van der Waals surface area contributed by atoms with Crippen molar-refractivity contribution in [2.45, 2.75) is 38.8 Å². The highest BCUT2D eigenvalue weighted by Crippen LogP contribution is 2.18. The van der Waals surface area contributed by atoms with Crippen molar-refractivity contribution >= 4 is 12.2 Å². The Kier molecular flexibility index (Phi) is 4.97. The number of carbonyl (C=O) groups excluding carboxylic acids is 1. The highest BCUT2D eigenvalue weighted by molar-refractivity contribution is 5.69. The van der Waals surface area contributed by atoms with Gasteiger partial charge < -0.3 is 20.1 Å². The lowest BCUT2D eigenvalue weighted by atomic mass is 9.96. The second-order valence-corrected chi connectivity index (χ2v) is 5.79. The van der Waals surface area contributed by atoms with Crippen LogP contribution in [0.3, 0.4) is 0 Å². The summed E-state index contributed by atoms with van der Waals surface area (Å²) in [5.74, 6) is -0.384. The van der Waals surface area contributed by atoms with Gasteiger partial charge in [0, 0.05) is 19.0 Å². The van der Waals surface area contributed by atoms with E-state index in [4.69, 9.17) is 9.84 Å². The number of carboxylic acid groups (broad SMARTS) is 1. The van der Waals surface area contributed by atoms with E-state index >= 15 is 0 Å². The van der Waals surface area contributed by atoms with Gasteiger partial charge in [-0.2, -0.15) is 0 Å². The molecule has 2 N–H and O–H groups in total. The minimum atomic E-state index is -1.10. The fraction of sp³-hybridized carbons (Fsp3) is 0.833. The fourth-order valence-corrected chi connectivity index (χ4v) is 2.05. The van der Waals surface area contributed by atoms with Gasteiger partial charge in [0.1, 0.15) is 5.60 Å². The molecule has 0 aromatic carbocycles. The molecule has 1 aliphatic heterocycles. The smallest absolute Gasteiger partial charge is 0.407 e. The van der Waals surface area contributed by atoms with Crippen molar-refractivity contribution in [1.82, 2.24) is 10.2 Å². The lowest BCUT2D eigenvalue weighted by Crippen LogP contribution is -2.53. The molecule has 0 aliphatic carbocycles. The third-order valence-electron chi connectivity index (χ3n) is 2.75. The molecule has 0 aromatic heterocycles. The first-order valence-corrected chi connectivity index (χ1v) is 6.24. The summed E-state index contributed by atoms with van der Waals surface area (Å²) in [5.41, 5.74) is -0.620. The number of amides is 2. The minimum Gasteiger partial charge on any atom is -0.465 e. The Balaban J connectivity index is 2.56. The van der Waals surface area contributed by atoms with Crippen molar-refractivity contribution < 1.29 is 23.8 Å². The Morgan fingerprint density at radius 2 is 2.05 bits per heavy atom. The number of rotatable bonds is 2. The molecule has 2 amide bonds. The Labute approximate surface area is 111 Å². The lowest BCUT2D eigenvalue weighted by Gasteiger charge is -2.35. The number of likely N-dealkylation sites (tertiary alicyclic amines) is 1. The van der Waals surface area contributed by atoms with E-state index < -0.39 is 30.5 Å². The number of hydrogen-bond donors (Lipinski definition) is 2. The summed E-state index contributed by atoms with van der Waals surface area (Å²) in [6, 6.07) is -0.416.